The van der Waals surface area contributed by atoms with Crippen LogP contribution in [0.3, 0.4) is 0 Å². The molecule has 1 saturated carbocycles. The van der Waals surface area contributed by atoms with Crippen molar-refractivity contribution in [2.24, 2.45) is 17.3 Å². The molecule has 0 radical (unpaired) electrons. The number of esters is 1. The van der Waals surface area contributed by atoms with Crippen LogP contribution in [0.15, 0.2) is 30.3 Å². The SMILES string of the molecule is CCCC[C@@]1(C)[C@H]2[C@@H]1C(=O)O[C@]2(c1ccccc1)[Si](C)(C)C. The third-order valence-corrected chi connectivity index (χ3v) is 8.91. The molecule has 1 aliphatic carbocycles. The molecule has 0 unspecified atom stereocenters. The molecule has 0 amide bonds. The van der Waals surface area contributed by atoms with Crippen molar-refractivity contribution in [3.8, 4) is 0 Å². The fourth-order valence-electron chi connectivity index (χ4n) is 4.80. The number of hydrogen-bond acceptors (Lipinski definition) is 2. The number of cyclic esters (lactones) is 1. The molecule has 0 aromatic heterocycles. The van der Waals surface area contributed by atoms with Crippen LogP contribution < -0.4 is 0 Å². The predicted octanol–water partition coefficient (Wildman–Crippen LogP) is 4.76. The number of unbranched alkanes of at least 4 members (excludes halogenated alkanes) is 1. The molecule has 4 atom stereocenters. The Hall–Kier alpha value is -1.09. The molecular formula is C19H28O2Si. The minimum Gasteiger partial charge on any atom is -0.458 e. The first-order chi connectivity index (χ1) is 10.3. The Morgan fingerprint density at radius 2 is 1.82 bits per heavy atom. The number of ether oxygens (including phenoxy) is 1. The molecule has 1 saturated heterocycles. The number of carbonyl (C=O) groups excluding carboxylic acids is 1. The van der Waals surface area contributed by atoms with Crippen molar-refractivity contribution >= 4 is 14.0 Å². The minimum absolute atomic E-state index is 0.0508. The van der Waals surface area contributed by atoms with Gasteiger partial charge in [-0.15, -0.1) is 0 Å². The number of carbonyl (C=O) groups is 1. The van der Waals surface area contributed by atoms with Gasteiger partial charge in [0, 0.05) is 5.92 Å². The lowest BCUT2D eigenvalue weighted by molar-refractivity contribution is -0.152. The van der Waals surface area contributed by atoms with Crippen molar-refractivity contribution in [1.29, 1.82) is 0 Å². The van der Waals surface area contributed by atoms with E-state index in [0.717, 1.165) is 6.42 Å². The van der Waals surface area contributed by atoms with E-state index in [1.54, 1.807) is 0 Å². The molecule has 120 valence electrons. The first-order valence-corrected chi connectivity index (χ1v) is 12.1. The molecule has 22 heavy (non-hydrogen) atoms. The zero-order valence-electron chi connectivity index (χ0n) is 14.5. The summed E-state index contributed by atoms with van der Waals surface area (Å²) < 4.78 is 6.16. The monoisotopic (exact) mass is 316 g/mol. The minimum atomic E-state index is -1.75. The average Bonchev–Trinajstić information content (AvgIpc) is 2.92. The fraction of sp³-hybridized carbons (Fsp3) is 0.632. The van der Waals surface area contributed by atoms with E-state index in [4.69, 9.17) is 4.74 Å². The van der Waals surface area contributed by atoms with E-state index in [9.17, 15) is 4.79 Å². The summed E-state index contributed by atoms with van der Waals surface area (Å²) in [4.78, 5) is 12.6. The van der Waals surface area contributed by atoms with E-state index in [1.165, 1.54) is 18.4 Å². The number of benzene rings is 1. The molecule has 1 aromatic carbocycles. The predicted molar refractivity (Wildman–Crippen MR) is 92.2 cm³/mol. The van der Waals surface area contributed by atoms with Gasteiger partial charge in [0.25, 0.3) is 0 Å². The van der Waals surface area contributed by atoms with E-state index < -0.39 is 8.07 Å². The lowest BCUT2D eigenvalue weighted by Gasteiger charge is -2.43. The molecule has 1 aliphatic heterocycles. The number of hydrogen-bond donors (Lipinski definition) is 0. The highest BCUT2D eigenvalue weighted by Crippen LogP contribution is 2.74. The van der Waals surface area contributed by atoms with Crippen LogP contribution >= 0.6 is 0 Å². The van der Waals surface area contributed by atoms with Crippen molar-refractivity contribution in [3.05, 3.63) is 35.9 Å². The third kappa shape index (κ3) is 1.94. The molecular weight excluding hydrogens is 288 g/mol. The van der Waals surface area contributed by atoms with Crippen LogP contribution in [0.25, 0.3) is 0 Å². The number of rotatable bonds is 5. The Bertz CT molecular complexity index is 577. The maximum Gasteiger partial charge on any atom is 0.310 e. The Morgan fingerprint density at radius 3 is 2.36 bits per heavy atom. The second-order valence-corrected chi connectivity index (χ2v) is 13.6. The Kier molecular flexibility index (Phi) is 3.55. The van der Waals surface area contributed by atoms with Crippen LogP contribution in [0, 0.1) is 17.3 Å². The molecule has 3 heteroatoms. The van der Waals surface area contributed by atoms with Gasteiger partial charge in [0.1, 0.15) is 13.3 Å². The maximum absolute atomic E-state index is 12.6. The zero-order valence-corrected chi connectivity index (χ0v) is 15.5. The van der Waals surface area contributed by atoms with Crippen LogP contribution in [0.4, 0.5) is 0 Å². The van der Waals surface area contributed by atoms with Gasteiger partial charge >= 0.3 is 5.97 Å². The second kappa shape index (κ2) is 4.95. The van der Waals surface area contributed by atoms with Crippen molar-refractivity contribution in [2.75, 3.05) is 0 Å². The molecule has 3 rings (SSSR count). The molecule has 2 nitrogen and oxygen atoms in total. The summed E-state index contributed by atoms with van der Waals surface area (Å²) in [7, 11) is -1.75. The second-order valence-electron chi connectivity index (χ2n) is 8.34. The average molecular weight is 317 g/mol. The van der Waals surface area contributed by atoms with E-state index >= 15 is 0 Å². The molecule has 1 heterocycles. The molecule has 1 aromatic rings. The molecule has 0 N–H and O–H groups in total. The quantitative estimate of drug-likeness (QED) is 0.578. The highest BCUT2D eigenvalue weighted by atomic mass is 28.3. The van der Waals surface area contributed by atoms with Gasteiger partial charge in [-0.25, -0.2) is 0 Å². The van der Waals surface area contributed by atoms with E-state index in [-0.39, 0.29) is 22.5 Å². The van der Waals surface area contributed by atoms with E-state index in [0.29, 0.717) is 5.92 Å². The third-order valence-electron chi connectivity index (χ3n) is 5.98. The van der Waals surface area contributed by atoms with E-state index in [2.05, 4.69) is 57.8 Å². The first-order valence-electron chi connectivity index (χ1n) is 8.57. The van der Waals surface area contributed by atoms with E-state index in [1.807, 2.05) is 6.07 Å². The highest BCUT2D eigenvalue weighted by Gasteiger charge is 2.81. The fourth-order valence-corrected chi connectivity index (χ4v) is 7.67. The van der Waals surface area contributed by atoms with Crippen molar-refractivity contribution in [3.63, 3.8) is 0 Å². The van der Waals surface area contributed by atoms with Crippen LogP contribution in [0.5, 0.6) is 0 Å². The van der Waals surface area contributed by atoms with Crippen LogP contribution in [-0.4, -0.2) is 14.0 Å². The van der Waals surface area contributed by atoms with Crippen LogP contribution in [-0.2, 0) is 14.8 Å². The smallest absolute Gasteiger partial charge is 0.310 e. The van der Waals surface area contributed by atoms with Gasteiger partial charge in [-0.1, -0.05) is 76.7 Å². The summed E-state index contributed by atoms with van der Waals surface area (Å²) in [5.74, 6) is 0.536. The molecule has 0 bridgehead atoms. The molecule has 2 aliphatic rings. The zero-order chi connectivity index (χ0) is 16.2. The maximum atomic E-state index is 12.6. The number of fused-ring (bicyclic) bond motifs is 1. The van der Waals surface area contributed by atoms with Crippen molar-refractivity contribution in [1.82, 2.24) is 0 Å². The van der Waals surface area contributed by atoms with Crippen molar-refractivity contribution in [2.45, 2.75) is 58.0 Å². The summed E-state index contributed by atoms with van der Waals surface area (Å²) in [6.07, 6.45) is 3.54. The molecule has 2 fully saturated rings. The Morgan fingerprint density at radius 1 is 1.18 bits per heavy atom. The summed E-state index contributed by atoms with van der Waals surface area (Å²) in [6.45, 7) is 11.6. The van der Waals surface area contributed by atoms with Gasteiger partial charge in [-0.2, -0.15) is 0 Å². The summed E-state index contributed by atoms with van der Waals surface area (Å²) in [5.41, 5.74) is 1.36. The first kappa shape index (κ1) is 15.8. The standard InChI is InChI=1S/C19H28O2Si/c1-6-7-13-18(2)15-16(18)19(21-17(15)20,22(3,4)5)14-11-9-8-10-12-14/h8-12,15-16H,6-7,13H2,1-5H3/t15-,16-,18-,19-/m1/s1. The Balaban J connectivity index is 2.07. The van der Waals surface area contributed by atoms with Gasteiger partial charge in [0.2, 0.25) is 0 Å². The Labute approximate surface area is 135 Å². The van der Waals surface area contributed by atoms with Gasteiger partial charge in [0.05, 0.1) is 5.92 Å². The van der Waals surface area contributed by atoms with Crippen LogP contribution in [0.1, 0.15) is 38.7 Å². The highest BCUT2D eigenvalue weighted by molar-refractivity contribution is 6.79. The topological polar surface area (TPSA) is 26.3 Å². The summed E-state index contributed by atoms with van der Waals surface area (Å²) in [6, 6.07) is 10.5. The van der Waals surface area contributed by atoms with Gasteiger partial charge in [-0.3, -0.25) is 4.79 Å². The lowest BCUT2D eigenvalue weighted by Crippen LogP contribution is -2.53. The summed E-state index contributed by atoms with van der Waals surface area (Å²) in [5, 5.41) is -0.349. The van der Waals surface area contributed by atoms with Gasteiger partial charge in [-0.05, 0) is 17.4 Å². The van der Waals surface area contributed by atoms with Gasteiger partial charge < -0.3 is 4.74 Å². The van der Waals surface area contributed by atoms with Gasteiger partial charge in [0.15, 0.2) is 0 Å². The lowest BCUT2D eigenvalue weighted by atomic mass is 9.92. The van der Waals surface area contributed by atoms with Crippen LogP contribution in [0.2, 0.25) is 19.6 Å². The summed E-state index contributed by atoms with van der Waals surface area (Å²) >= 11 is 0. The normalized spacial score (nSPS) is 36.9. The molecule has 0 spiro atoms. The van der Waals surface area contributed by atoms with Crippen molar-refractivity contribution < 1.29 is 9.53 Å². The largest absolute Gasteiger partial charge is 0.458 e.